The molecule has 5 heteroatoms. The van der Waals surface area contributed by atoms with Crippen molar-refractivity contribution in [1.29, 1.82) is 0 Å². The van der Waals surface area contributed by atoms with Crippen LogP contribution in [0.25, 0.3) is 0 Å². The van der Waals surface area contributed by atoms with Crippen LogP contribution >= 0.6 is 0 Å². The minimum atomic E-state index is -1.06. The molecule has 1 heterocycles. The Balaban J connectivity index is 2.60. The lowest BCUT2D eigenvalue weighted by Crippen LogP contribution is -2.19. The van der Waals surface area contributed by atoms with Gasteiger partial charge in [0.1, 0.15) is 17.6 Å². The Labute approximate surface area is 136 Å². The van der Waals surface area contributed by atoms with Crippen LogP contribution < -0.4 is 5.48 Å². The van der Waals surface area contributed by atoms with Crippen LogP contribution in [0.1, 0.15) is 64.3 Å². The van der Waals surface area contributed by atoms with E-state index in [0.717, 1.165) is 16.7 Å². The molecule has 0 aliphatic carbocycles. The van der Waals surface area contributed by atoms with E-state index >= 15 is 0 Å². The number of carbonyl (C=O) groups is 1. The van der Waals surface area contributed by atoms with E-state index in [-0.39, 0.29) is 16.5 Å². The average Bonchev–Trinajstić information content (AvgIpc) is 2.85. The Bertz CT molecular complexity index is 628. The van der Waals surface area contributed by atoms with E-state index in [4.69, 9.17) is 9.94 Å². The molecule has 3 N–H and O–H groups in total. The molecule has 0 aromatic heterocycles. The van der Waals surface area contributed by atoms with Crippen LogP contribution in [-0.2, 0) is 20.5 Å². The first-order valence-electron chi connectivity index (χ1n) is 7.66. The molecule has 1 atom stereocenters. The standard InChI is InChI=1S/C18H25NO4/c1-17(2,3)11-7-10(8-12(15(11)20)18(4,5)6)14-9-13(16(21)22)19-23-14/h7-9,14,19-20H,1-6H3,(H,21,22). The van der Waals surface area contributed by atoms with Crippen molar-refractivity contribution >= 4 is 5.97 Å². The van der Waals surface area contributed by atoms with Crippen LogP contribution in [0.3, 0.4) is 0 Å². The van der Waals surface area contributed by atoms with Crippen molar-refractivity contribution < 1.29 is 19.8 Å². The van der Waals surface area contributed by atoms with Crippen molar-refractivity contribution in [2.45, 2.75) is 58.5 Å². The Hall–Kier alpha value is -2.01. The number of carboxylic acid groups (broad SMARTS) is 1. The minimum absolute atomic E-state index is 0.0256. The van der Waals surface area contributed by atoms with Crippen molar-refractivity contribution in [2.24, 2.45) is 0 Å². The van der Waals surface area contributed by atoms with Crippen LogP contribution in [0, 0.1) is 0 Å². The third-order valence-electron chi connectivity index (χ3n) is 3.92. The van der Waals surface area contributed by atoms with Gasteiger partial charge in [-0.2, -0.15) is 0 Å². The number of hydroxylamine groups is 1. The van der Waals surface area contributed by atoms with Gasteiger partial charge in [-0.3, -0.25) is 10.3 Å². The average molecular weight is 319 g/mol. The maximum Gasteiger partial charge on any atom is 0.354 e. The number of aromatic hydroxyl groups is 1. The zero-order chi connectivity index (χ0) is 17.6. The second kappa shape index (κ2) is 5.57. The Morgan fingerprint density at radius 3 is 1.91 bits per heavy atom. The van der Waals surface area contributed by atoms with Crippen LogP contribution in [0.5, 0.6) is 5.75 Å². The zero-order valence-corrected chi connectivity index (χ0v) is 14.5. The molecule has 0 saturated heterocycles. The lowest BCUT2D eigenvalue weighted by atomic mass is 9.78. The number of carboxylic acids is 1. The van der Waals surface area contributed by atoms with Crippen molar-refractivity contribution in [2.75, 3.05) is 0 Å². The minimum Gasteiger partial charge on any atom is -0.507 e. The van der Waals surface area contributed by atoms with Gasteiger partial charge >= 0.3 is 5.97 Å². The van der Waals surface area contributed by atoms with Gasteiger partial charge in [0.25, 0.3) is 0 Å². The summed E-state index contributed by atoms with van der Waals surface area (Å²) in [6.45, 7) is 12.2. The fourth-order valence-corrected chi connectivity index (χ4v) is 2.59. The molecule has 23 heavy (non-hydrogen) atoms. The fraction of sp³-hybridized carbons (Fsp3) is 0.500. The molecular weight excluding hydrogens is 294 g/mol. The van der Waals surface area contributed by atoms with Crippen molar-refractivity contribution in [3.8, 4) is 5.75 Å². The predicted octanol–water partition coefficient (Wildman–Crippen LogP) is 3.53. The molecule has 1 unspecified atom stereocenters. The first kappa shape index (κ1) is 17.3. The molecule has 2 rings (SSSR count). The molecule has 0 bridgehead atoms. The normalized spacial score (nSPS) is 18.5. The highest BCUT2D eigenvalue weighted by molar-refractivity contribution is 5.86. The number of hydrogen-bond acceptors (Lipinski definition) is 4. The van der Waals surface area contributed by atoms with Gasteiger partial charge in [0.05, 0.1) is 0 Å². The summed E-state index contributed by atoms with van der Waals surface area (Å²) in [4.78, 5) is 16.4. The van der Waals surface area contributed by atoms with E-state index in [1.54, 1.807) is 0 Å². The summed E-state index contributed by atoms with van der Waals surface area (Å²) in [6.07, 6.45) is 1.04. The molecule has 0 saturated carbocycles. The molecule has 1 aliphatic rings. The molecule has 1 aliphatic heterocycles. The summed E-state index contributed by atoms with van der Waals surface area (Å²) in [7, 11) is 0. The number of phenolic OH excluding ortho intramolecular Hbond substituents is 1. The van der Waals surface area contributed by atoms with Crippen molar-refractivity contribution in [1.82, 2.24) is 5.48 Å². The largest absolute Gasteiger partial charge is 0.507 e. The zero-order valence-electron chi connectivity index (χ0n) is 14.5. The Morgan fingerprint density at radius 2 is 1.57 bits per heavy atom. The fourth-order valence-electron chi connectivity index (χ4n) is 2.59. The molecule has 0 fully saturated rings. The number of nitrogens with one attached hydrogen (secondary N) is 1. The van der Waals surface area contributed by atoms with E-state index in [9.17, 15) is 9.90 Å². The third-order valence-corrected chi connectivity index (χ3v) is 3.92. The number of phenols is 1. The van der Waals surface area contributed by atoms with Gasteiger partial charge in [-0.05, 0) is 45.7 Å². The van der Waals surface area contributed by atoms with Crippen molar-refractivity contribution in [3.05, 3.63) is 40.6 Å². The van der Waals surface area contributed by atoms with Gasteiger partial charge in [-0.15, -0.1) is 0 Å². The molecular formula is C18H25NO4. The molecule has 1 aromatic carbocycles. The smallest absolute Gasteiger partial charge is 0.354 e. The number of aliphatic carboxylic acids is 1. The summed E-state index contributed by atoms with van der Waals surface area (Å²) in [5.74, 6) is -0.763. The lowest BCUT2D eigenvalue weighted by molar-refractivity contribution is -0.134. The van der Waals surface area contributed by atoms with Gasteiger partial charge in [0.2, 0.25) is 0 Å². The molecule has 5 nitrogen and oxygen atoms in total. The first-order chi connectivity index (χ1) is 10.4. The highest BCUT2D eigenvalue weighted by Crippen LogP contribution is 2.41. The van der Waals surface area contributed by atoms with Gasteiger partial charge in [0.15, 0.2) is 0 Å². The first-order valence-corrected chi connectivity index (χ1v) is 7.66. The van der Waals surface area contributed by atoms with Gasteiger partial charge in [0, 0.05) is 0 Å². The van der Waals surface area contributed by atoms with Gasteiger partial charge < -0.3 is 10.2 Å². The summed E-state index contributed by atoms with van der Waals surface area (Å²) >= 11 is 0. The molecule has 0 amide bonds. The van der Waals surface area contributed by atoms with E-state index in [0.29, 0.717) is 5.75 Å². The predicted molar refractivity (Wildman–Crippen MR) is 88.2 cm³/mol. The van der Waals surface area contributed by atoms with Gasteiger partial charge in [-0.1, -0.05) is 41.5 Å². The SMILES string of the molecule is CC(C)(C)c1cc(C2C=C(C(=O)O)NO2)cc(C(C)(C)C)c1O. The molecule has 1 aromatic rings. The van der Waals surface area contributed by atoms with Crippen LogP contribution in [0.15, 0.2) is 23.9 Å². The number of rotatable bonds is 2. The Morgan fingerprint density at radius 1 is 1.09 bits per heavy atom. The monoisotopic (exact) mass is 319 g/mol. The topological polar surface area (TPSA) is 78.8 Å². The highest BCUT2D eigenvalue weighted by atomic mass is 16.7. The summed E-state index contributed by atoms with van der Waals surface area (Å²) < 4.78 is 0. The molecule has 126 valence electrons. The van der Waals surface area contributed by atoms with Gasteiger partial charge in [-0.25, -0.2) is 4.79 Å². The highest BCUT2D eigenvalue weighted by Gasteiger charge is 2.30. The maximum absolute atomic E-state index is 11.0. The summed E-state index contributed by atoms with van der Waals surface area (Å²) in [5, 5.41) is 19.7. The number of benzene rings is 1. The molecule has 0 spiro atoms. The Kier molecular flexibility index (Phi) is 4.20. The van der Waals surface area contributed by atoms with E-state index in [1.807, 2.05) is 53.7 Å². The van der Waals surface area contributed by atoms with E-state index in [2.05, 4.69) is 5.48 Å². The van der Waals surface area contributed by atoms with Crippen LogP contribution in [-0.4, -0.2) is 16.2 Å². The summed E-state index contributed by atoms with van der Waals surface area (Å²) in [6, 6.07) is 3.77. The quantitative estimate of drug-likeness (QED) is 0.777. The second-order valence-electron chi connectivity index (χ2n) is 7.99. The van der Waals surface area contributed by atoms with Crippen LogP contribution in [0.2, 0.25) is 0 Å². The number of hydrogen-bond donors (Lipinski definition) is 3. The summed E-state index contributed by atoms with van der Waals surface area (Å²) in [5.41, 5.74) is 4.43. The third kappa shape index (κ3) is 3.50. The van der Waals surface area contributed by atoms with E-state index in [1.165, 1.54) is 6.08 Å². The van der Waals surface area contributed by atoms with Crippen LogP contribution in [0.4, 0.5) is 0 Å². The molecule has 0 radical (unpaired) electrons. The second-order valence-corrected chi connectivity index (χ2v) is 7.99. The lowest BCUT2D eigenvalue weighted by Gasteiger charge is -2.28. The van der Waals surface area contributed by atoms with Crippen molar-refractivity contribution in [3.63, 3.8) is 0 Å². The maximum atomic E-state index is 11.0. The van der Waals surface area contributed by atoms with E-state index < -0.39 is 12.1 Å².